The van der Waals surface area contributed by atoms with E-state index in [-0.39, 0.29) is 36.8 Å². The first-order valence-corrected chi connectivity index (χ1v) is 5.21. The summed E-state index contributed by atoms with van der Waals surface area (Å²) >= 11 is 0. The molecule has 1 aliphatic rings. The summed E-state index contributed by atoms with van der Waals surface area (Å²) in [5, 5.41) is 6.02. The Kier molecular flexibility index (Phi) is 7.11. The summed E-state index contributed by atoms with van der Waals surface area (Å²) < 4.78 is 0. The molecule has 2 N–H and O–H groups in total. The van der Waals surface area contributed by atoms with Crippen molar-refractivity contribution < 1.29 is 4.79 Å². The molecular weight excluding hydrogens is 261 g/mol. The van der Waals surface area contributed by atoms with Crippen LogP contribution >= 0.6 is 24.8 Å². The van der Waals surface area contributed by atoms with Crippen LogP contribution in [0.25, 0.3) is 0 Å². The molecule has 1 atom stereocenters. The lowest BCUT2D eigenvalue weighted by Crippen LogP contribution is -2.35. The molecule has 17 heavy (non-hydrogen) atoms. The van der Waals surface area contributed by atoms with E-state index >= 15 is 0 Å². The third-order valence-corrected chi connectivity index (χ3v) is 2.52. The normalized spacial score (nSPS) is 17.8. The van der Waals surface area contributed by atoms with E-state index in [1.165, 1.54) is 0 Å². The molecule has 0 spiro atoms. The number of anilines is 1. The van der Waals surface area contributed by atoms with E-state index < -0.39 is 0 Å². The lowest BCUT2D eigenvalue weighted by atomic mass is 10.2. The number of nitrogens with one attached hydrogen (secondary N) is 2. The maximum atomic E-state index is 11.7. The Morgan fingerprint density at radius 2 is 2.24 bits per heavy atom. The molecule has 1 saturated heterocycles. The minimum absolute atomic E-state index is 0. The predicted molar refractivity (Wildman–Crippen MR) is 73.1 cm³/mol. The van der Waals surface area contributed by atoms with Crippen molar-refractivity contribution in [1.29, 1.82) is 0 Å². The van der Waals surface area contributed by atoms with E-state index in [1.807, 2.05) is 13.0 Å². The number of rotatable bonds is 2. The number of aryl methyl sites for hydroxylation is 1. The molecule has 1 fully saturated rings. The fourth-order valence-corrected chi connectivity index (χ4v) is 1.76. The van der Waals surface area contributed by atoms with Gasteiger partial charge in [0.15, 0.2) is 0 Å². The van der Waals surface area contributed by atoms with Crippen LogP contribution in [0.3, 0.4) is 0 Å². The van der Waals surface area contributed by atoms with Crippen LogP contribution in [0.15, 0.2) is 18.5 Å². The van der Waals surface area contributed by atoms with E-state index in [9.17, 15) is 4.79 Å². The number of nitrogens with zero attached hydrogens (tertiary/aromatic N) is 1. The van der Waals surface area contributed by atoms with Crippen LogP contribution in [-0.4, -0.2) is 23.5 Å². The fourth-order valence-electron chi connectivity index (χ4n) is 1.76. The molecule has 2 heterocycles. The second-order valence-electron chi connectivity index (χ2n) is 3.89. The zero-order chi connectivity index (χ0) is 10.7. The third-order valence-electron chi connectivity index (χ3n) is 2.52. The van der Waals surface area contributed by atoms with Gasteiger partial charge in [-0.05, 0) is 37.9 Å². The van der Waals surface area contributed by atoms with Gasteiger partial charge in [-0.25, -0.2) is 0 Å². The van der Waals surface area contributed by atoms with E-state index in [0.29, 0.717) is 0 Å². The number of carbonyl (C=O) groups is 1. The maximum absolute atomic E-state index is 11.7. The molecule has 0 bridgehead atoms. The van der Waals surface area contributed by atoms with E-state index in [1.54, 1.807) is 12.4 Å². The molecule has 0 unspecified atom stereocenters. The van der Waals surface area contributed by atoms with Crippen LogP contribution in [0, 0.1) is 6.92 Å². The molecule has 4 nitrogen and oxygen atoms in total. The molecule has 1 aromatic heterocycles. The van der Waals surface area contributed by atoms with Crippen LogP contribution in [0.1, 0.15) is 18.4 Å². The highest BCUT2D eigenvalue weighted by Gasteiger charge is 2.21. The Morgan fingerprint density at radius 1 is 1.47 bits per heavy atom. The lowest BCUT2D eigenvalue weighted by molar-refractivity contribution is -0.117. The smallest absolute Gasteiger partial charge is 0.241 e. The summed E-state index contributed by atoms with van der Waals surface area (Å²) in [4.78, 5) is 15.8. The van der Waals surface area contributed by atoms with Gasteiger partial charge in [0.25, 0.3) is 0 Å². The van der Waals surface area contributed by atoms with Crippen molar-refractivity contribution >= 4 is 36.4 Å². The van der Waals surface area contributed by atoms with E-state index in [4.69, 9.17) is 0 Å². The average Bonchev–Trinajstić information content (AvgIpc) is 2.70. The van der Waals surface area contributed by atoms with Crippen LogP contribution in [0.4, 0.5) is 5.69 Å². The van der Waals surface area contributed by atoms with Crippen molar-refractivity contribution in [1.82, 2.24) is 10.3 Å². The van der Waals surface area contributed by atoms with Gasteiger partial charge in [-0.1, -0.05) is 0 Å². The topological polar surface area (TPSA) is 54.0 Å². The Morgan fingerprint density at radius 3 is 2.82 bits per heavy atom. The lowest BCUT2D eigenvalue weighted by Gasteiger charge is -2.10. The van der Waals surface area contributed by atoms with Gasteiger partial charge in [-0.2, -0.15) is 0 Å². The molecule has 1 aromatic rings. The van der Waals surface area contributed by atoms with Crippen molar-refractivity contribution in [2.75, 3.05) is 11.9 Å². The molecule has 0 aromatic carbocycles. The zero-order valence-electron chi connectivity index (χ0n) is 9.60. The van der Waals surface area contributed by atoms with Crippen molar-refractivity contribution in [2.45, 2.75) is 25.8 Å². The Labute approximate surface area is 113 Å². The standard InChI is InChI=1S/C11H15N3O.2ClH/c1-8-5-9(7-12-6-8)14-11(15)10-3-2-4-13-10;;/h5-7,10,13H,2-4H2,1H3,(H,14,15);2*1H/t10-;;/m0../s1. The number of amides is 1. The molecule has 6 heteroatoms. The molecule has 96 valence electrons. The predicted octanol–water partition coefficient (Wildman–Crippen LogP) is 1.92. The number of carbonyl (C=O) groups excluding carboxylic acids is 1. The van der Waals surface area contributed by atoms with Crippen molar-refractivity contribution in [2.24, 2.45) is 0 Å². The van der Waals surface area contributed by atoms with Gasteiger partial charge in [-0.15, -0.1) is 24.8 Å². The van der Waals surface area contributed by atoms with Gasteiger partial charge in [-0.3, -0.25) is 9.78 Å². The number of aromatic nitrogens is 1. The van der Waals surface area contributed by atoms with Gasteiger partial charge >= 0.3 is 0 Å². The molecule has 0 saturated carbocycles. The summed E-state index contributed by atoms with van der Waals surface area (Å²) in [7, 11) is 0. The molecule has 2 rings (SSSR count). The Hall–Kier alpha value is -0.840. The second-order valence-corrected chi connectivity index (χ2v) is 3.89. The van der Waals surface area contributed by atoms with Gasteiger partial charge in [0.1, 0.15) is 0 Å². The summed E-state index contributed by atoms with van der Waals surface area (Å²) in [6.45, 7) is 2.89. The van der Waals surface area contributed by atoms with Crippen LogP contribution in [0.2, 0.25) is 0 Å². The van der Waals surface area contributed by atoms with Gasteiger partial charge < -0.3 is 10.6 Å². The molecule has 0 radical (unpaired) electrons. The largest absolute Gasteiger partial charge is 0.323 e. The van der Waals surface area contributed by atoms with E-state index in [2.05, 4.69) is 15.6 Å². The van der Waals surface area contributed by atoms with E-state index in [0.717, 1.165) is 30.6 Å². The first kappa shape index (κ1) is 16.2. The summed E-state index contributed by atoms with van der Waals surface area (Å²) in [5.74, 6) is 0.0416. The summed E-state index contributed by atoms with van der Waals surface area (Å²) in [6, 6.07) is 1.88. The first-order valence-electron chi connectivity index (χ1n) is 5.21. The second kappa shape index (κ2) is 7.48. The molecule has 1 aliphatic heterocycles. The molecular formula is C11H17Cl2N3O. The minimum atomic E-state index is -0.0366. The number of halogens is 2. The maximum Gasteiger partial charge on any atom is 0.241 e. The van der Waals surface area contributed by atoms with Crippen molar-refractivity contribution in [3.8, 4) is 0 Å². The minimum Gasteiger partial charge on any atom is -0.323 e. The van der Waals surface area contributed by atoms with Crippen LogP contribution < -0.4 is 10.6 Å². The summed E-state index contributed by atoms with van der Waals surface area (Å²) in [6.07, 6.45) is 5.43. The fraction of sp³-hybridized carbons (Fsp3) is 0.455. The Balaban J connectivity index is 0.00000128. The number of pyridine rings is 1. The molecule has 0 aliphatic carbocycles. The van der Waals surface area contributed by atoms with Crippen LogP contribution in [0.5, 0.6) is 0 Å². The molecule has 1 amide bonds. The summed E-state index contributed by atoms with van der Waals surface area (Å²) in [5.41, 5.74) is 1.82. The highest BCUT2D eigenvalue weighted by molar-refractivity contribution is 5.94. The average molecular weight is 278 g/mol. The van der Waals surface area contributed by atoms with Crippen molar-refractivity contribution in [3.05, 3.63) is 24.0 Å². The highest BCUT2D eigenvalue weighted by atomic mass is 35.5. The van der Waals surface area contributed by atoms with Gasteiger partial charge in [0, 0.05) is 6.20 Å². The third kappa shape index (κ3) is 4.50. The Bertz CT molecular complexity index is 367. The van der Waals surface area contributed by atoms with Crippen molar-refractivity contribution in [3.63, 3.8) is 0 Å². The number of hydrogen-bond donors (Lipinski definition) is 2. The quantitative estimate of drug-likeness (QED) is 0.869. The monoisotopic (exact) mass is 277 g/mol. The SMILES string of the molecule is Cc1cncc(NC(=O)[C@@H]2CCCN2)c1.Cl.Cl. The van der Waals surface area contributed by atoms with Crippen LogP contribution in [-0.2, 0) is 4.79 Å². The van der Waals surface area contributed by atoms with Gasteiger partial charge in [0.2, 0.25) is 5.91 Å². The first-order chi connectivity index (χ1) is 7.25. The number of hydrogen-bond acceptors (Lipinski definition) is 3. The highest BCUT2D eigenvalue weighted by Crippen LogP contribution is 2.11. The van der Waals surface area contributed by atoms with Gasteiger partial charge in [0.05, 0.1) is 17.9 Å². The zero-order valence-corrected chi connectivity index (χ0v) is 11.2.